The molecule has 0 aliphatic carbocycles. The largest absolute Gasteiger partial charge is 0.497 e. The van der Waals surface area contributed by atoms with E-state index in [1.807, 2.05) is 18.2 Å². The van der Waals surface area contributed by atoms with Crippen molar-refractivity contribution in [2.24, 2.45) is 0 Å². The summed E-state index contributed by atoms with van der Waals surface area (Å²) in [6, 6.07) is 5.68. The third-order valence-electron chi connectivity index (χ3n) is 2.02. The van der Waals surface area contributed by atoms with Gasteiger partial charge in [0.2, 0.25) is 0 Å². The van der Waals surface area contributed by atoms with Crippen LogP contribution >= 0.6 is 0 Å². The van der Waals surface area contributed by atoms with Crippen LogP contribution in [0.15, 0.2) is 30.9 Å². The Kier molecular flexibility index (Phi) is 2.18. The summed E-state index contributed by atoms with van der Waals surface area (Å²) in [4.78, 5) is 0. The molecule has 0 radical (unpaired) electrons. The number of hydrogen-bond donors (Lipinski definition) is 0. The summed E-state index contributed by atoms with van der Waals surface area (Å²) < 4.78 is 6.91. The van der Waals surface area contributed by atoms with Gasteiger partial charge in [0.1, 0.15) is 11.3 Å². The van der Waals surface area contributed by atoms with E-state index in [4.69, 9.17) is 4.74 Å². The Bertz CT molecular complexity index is 461. The molecule has 0 unspecified atom stereocenters. The highest BCUT2D eigenvalue weighted by Gasteiger charge is 2.03. The van der Waals surface area contributed by atoms with E-state index < -0.39 is 0 Å². The van der Waals surface area contributed by atoms with Crippen molar-refractivity contribution in [2.45, 2.75) is 6.54 Å². The normalized spacial score (nSPS) is 10.4. The SMILES string of the molecule is C=CCn1nnc2ccc(OC)cc21. The van der Waals surface area contributed by atoms with Crippen LogP contribution in [-0.4, -0.2) is 22.1 Å². The van der Waals surface area contributed by atoms with E-state index >= 15 is 0 Å². The predicted molar refractivity (Wildman–Crippen MR) is 54.3 cm³/mol. The van der Waals surface area contributed by atoms with Crippen molar-refractivity contribution in [3.8, 4) is 5.75 Å². The van der Waals surface area contributed by atoms with Crippen molar-refractivity contribution in [1.29, 1.82) is 0 Å². The van der Waals surface area contributed by atoms with Gasteiger partial charge in [-0.3, -0.25) is 0 Å². The Morgan fingerprint density at radius 2 is 2.43 bits per heavy atom. The number of fused-ring (bicyclic) bond motifs is 1. The molecule has 0 bridgehead atoms. The van der Waals surface area contributed by atoms with Crippen LogP contribution in [0.3, 0.4) is 0 Å². The van der Waals surface area contributed by atoms with Gasteiger partial charge in [0.05, 0.1) is 19.2 Å². The number of ether oxygens (including phenoxy) is 1. The van der Waals surface area contributed by atoms with E-state index in [9.17, 15) is 0 Å². The zero-order valence-electron chi connectivity index (χ0n) is 7.97. The zero-order chi connectivity index (χ0) is 9.97. The Morgan fingerprint density at radius 1 is 1.57 bits per heavy atom. The summed E-state index contributed by atoms with van der Waals surface area (Å²) in [5.74, 6) is 0.810. The van der Waals surface area contributed by atoms with E-state index in [1.165, 1.54) is 0 Å². The molecule has 0 saturated heterocycles. The quantitative estimate of drug-likeness (QED) is 0.689. The van der Waals surface area contributed by atoms with Gasteiger partial charge in [0.25, 0.3) is 0 Å². The van der Waals surface area contributed by atoms with Gasteiger partial charge in [0.15, 0.2) is 0 Å². The van der Waals surface area contributed by atoms with E-state index in [0.29, 0.717) is 6.54 Å². The first kappa shape index (κ1) is 8.74. The highest BCUT2D eigenvalue weighted by molar-refractivity contribution is 5.76. The Labute approximate surface area is 81.8 Å². The second-order valence-electron chi connectivity index (χ2n) is 2.91. The first-order valence-electron chi connectivity index (χ1n) is 4.33. The Morgan fingerprint density at radius 3 is 3.14 bits per heavy atom. The summed E-state index contributed by atoms with van der Waals surface area (Å²) in [5.41, 5.74) is 1.83. The van der Waals surface area contributed by atoms with Gasteiger partial charge in [-0.05, 0) is 12.1 Å². The minimum absolute atomic E-state index is 0.656. The molecule has 0 aliphatic rings. The van der Waals surface area contributed by atoms with Gasteiger partial charge in [0, 0.05) is 6.07 Å². The maximum Gasteiger partial charge on any atom is 0.121 e. The summed E-state index contributed by atoms with van der Waals surface area (Å²) in [6.45, 7) is 4.32. The zero-order valence-corrected chi connectivity index (χ0v) is 7.97. The minimum Gasteiger partial charge on any atom is -0.497 e. The van der Waals surface area contributed by atoms with E-state index in [2.05, 4.69) is 16.9 Å². The van der Waals surface area contributed by atoms with Crippen molar-refractivity contribution in [3.63, 3.8) is 0 Å². The maximum absolute atomic E-state index is 5.13. The van der Waals surface area contributed by atoms with Gasteiger partial charge < -0.3 is 4.74 Å². The van der Waals surface area contributed by atoms with Gasteiger partial charge >= 0.3 is 0 Å². The number of methoxy groups -OCH3 is 1. The molecule has 72 valence electrons. The molecule has 1 aromatic heterocycles. The number of aromatic nitrogens is 3. The van der Waals surface area contributed by atoms with Gasteiger partial charge in [-0.25, -0.2) is 4.68 Å². The fraction of sp³-hybridized carbons (Fsp3) is 0.200. The van der Waals surface area contributed by atoms with E-state index in [-0.39, 0.29) is 0 Å². The Balaban J connectivity index is 2.57. The fourth-order valence-corrected chi connectivity index (χ4v) is 1.33. The molecule has 4 nitrogen and oxygen atoms in total. The van der Waals surface area contributed by atoms with Crippen LogP contribution in [0.25, 0.3) is 11.0 Å². The van der Waals surface area contributed by atoms with Crippen LogP contribution in [-0.2, 0) is 6.54 Å². The Hall–Kier alpha value is -1.84. The topological polar surface area (TPSA) is 39.9 Å². The first-order valence-corrected chi connectivity index (χ1v) is 4.33. The molecule has 0 fully saturated rings. The molecular formula is C10H11N3O. The fourth-order valence-electron chi connectivity index (χ4n) is 1.33. The number of hydrogen-bond acceptors (Lipinski definition) is 3. The highest BCUT2D eigenvalue weighted by atomic mass is 16.5. The lowest BCUT2D eigenvalue weighted by molar-refractivity contribution is 0.415. The lowest BCUT2D eigenvalue weighted by atomic mass is 10.3. The smallest absolute Gasteiger partial charge is 0.121 e. The lowest BCUT2D eigenvalue weighted by Gasteiger charge is -2.00. The maximum atomic E-state index is 5.13. The average Bonchev–Trinajstić information content (AvgIpc) is 2.61. The van der Waals surface area contributed by atoms with Crippen LogP contribution in [0, 0.1) is 0 Å². The lowest BCUT2D eigenvalue weighted by Crippen LogP contribution is -1.97. The molecule has 14 heavy (non-hydrogen) atoms. The molecule has 1 aromatic carbocycles. The highest BCUT2D eigenvalue weighted by Crippen LogP contribution is 2.18. The summed E-state index contributed by atoms with van der Waals surface area (Å²) in [7, 11) is 1.64. The number of nitrogens with zero attached hydrogens (tertiary/aromatic N) is 3. The molecule has 0 N–H and O–H groups in total. The summed E-state index contributed by atoms with van der Waals surface area (Å²) >= 11 is 0. The number of allylic oxidation sites excluding steroid dienone is 1. The molecule has 4 heteroatoms. The number of rotatable bonds is 3. The molecule has 0 amide bonds. The third-order valence-corrected chi connectivity index (χ3v) is 2.02. The second kappa shape index (κ2) is 3.49. The molecule has 1 heterocycles. The van der Waals surface area contributed by atoms with E-state index in [1.54, 1.807) is 17.9 Å². The van der Waals surface area contributed by atoms with Crippen molar-refractivity contribution in [1.82, 2.24) is 15.0 Å². The predicted octanol–water partition coefficient (Wildman–Crippen LogP) is 1.63. The molecule has 0 spiro atoms. The van der Waals surface area contributed by atoms with Gasteiger partial charge in [-0.2, -0.15) is 0 Å². The van der Waals surface area contributed by atoms with Crippen molar-refractivity contribution in [2.75, 3.05) is 7.11 Å². The van der Waals surface area contributed by atoms with E-state index in [0.717, 1.165) is 16.8 Å². The second-order valence-corrected chi connectivity index (χ2v) is 2.91. The van der Waals surface area contributed by atoms with Crippen molar-refractivity contribution in [3.05, 3.63) is 30.9 Å². The molecule has 0 aliphatic heterocycles. The minimum atomic E-state index is 0.656. The van der Waals surface area contributed by atoms with Gasteiger partial charge in [-0.15, -0.1) is 11.7 Å². The van der Waals surface area contributed by atoms with Crippen LogP contribution in [0.4, 0.5) is 0 Å². The van der Waals surface area contributed by atoms with Crippen LogP contribution in [0.1, 0.15) is 0 Å². The standard InChI is InChI=1S/C10H11N3O/c1-3-6-13-10-7-8(14-2)4-5-9(10)11-12-13/h3-5,7H,1,6H2,2H3. The molecule has 0 saturated carbocycles. The summed E-state index contributed by atoms with van der Waals surface area (Å²) in [5, 5.41) is 8.02. The first-order chi connectivity index (χ1) is 6.85. The van der Waals surface area contributed by atoms with Crippen LogP contribution in [0.2, 0.25) is 0 Å². The molecule has 0 atom stereocenters. The molecule has 2 aromatic rings. The summed E-state index contributed by atoms with van der Waals surface area (Å²) in [6.07, 6.45) is 1.79. The monoisotopic (exact) mass is 189 g/mol. The van der Waals surface area contributed by atoms with Crippen molar-refractivity contribution < 1.29 is 4.74 Å². The molecular weight excluding hydrogens is 178 g/mol. The average molecular weight is 189 g/mol. The third kappa shape index (κ3) is 1.35. The van der Waals surface area contributed by atoms with Gasteiger partial charge in [-0.1, -0.05) is 11.3 Å². The van der Waals surface area contributed by atoms with Crippen molar-refractivity contribution >= 4 is 11.0 Å². The number of benzene rings is 1. The van der Waals surface area contributed by atoms with Crippen LogP contribution < -0.4 is 4.74 Å². The van der Waals surface area contributed by atoms with Crippen LogP contribution in [0.5, 0.6) is 5.75 Å². The molecule has 2 rings (SSSR count).